The van der Waals surface area contributed by atoms with E-state index in [1.165, 1.54) is 11.3 Å². The molecular formula is C22H19N3O3S. The third-order valence-corrected chi connectivity index (χ3v) is 6.18. The number of piperidine rings is 1. The van der Waals surface area contributed by atoms with Crippen LogP contribution in [0.1, 0.15) is 24.8 Å². The number of para-hydroxylation sites is 1. The van der Waals surface area contributed by atoms with E-state index in [4.69, 9.17) is 4.74 Å². The van der Waals surface area contributed by atoms with Crippen LogP contribution < -0.4 is 15.4 Å². The van der Waals surface area contributed by atoms with Crippen molar-refractivity contribution in [2.24, 2.45) is 5.92 Å². The topological polar surface area (TPSA) is 80.3 Å². The molecule has 146 valence electrons. The van der Waals surface area contributed by atoms with Gasteiger partial charge in [0.05, 0.1) is 5.69 Å². The van der Waals surface area contributed by atoms with E-state index in [-0.39, 0.29) is 17.7 Å². The smallest absolute Gasteiger partial charge is 0.239 e. The Morgan fingerprint density at radius 1 is 1.21 bits per heavy atom. The number of hydrogen-bond acceptors (Lipinski definition) is 5. The van der Waals surface area contributed by atoms with Crippen molar-refractivity contribution in [3.63, 3.8) is 0 Å². The number of benzene rings is 2. The lowest BCUT2D eigenvalue weighted by Gasteiger charge is -2.46. The number of anilines is 1. The number of amides is 2. The lowest BCUT2D eigenvalue weighted by atomic mass is 9.74. The molecule has 3 atom stereocenters. The van der Waals surface area contributed by atoms with Crippen molar-refractivity contribution in [1.82, 2.24) is 10.3 Å². The molecule has 0 radical (unpaired) electrons. The first kappa shape index (κ1) is 17.9. The third kappa shape index (κ3) is 3.17. The number of ether oxygens (including phenoxy) is 1. The lowest BCUT2D eigenvalue weighted by Crippen LogP contribution is -2.62. The highest BCUT2D eigenvalue weighted by Gasteiger charge is 2.51. The van der Waals surface area contributed by atoms with Gasteiger partial charge in [0.25, 0.3) is 0 Å². The Kier molecular flexibility index (Phi) is 4.13. The summed E-state index contributed by atoms with van der Waals surface area (Å²) in [5.41, 5.74) is 1.87. The van der Waals surface area contributed by atoms with Gasteiger partial charge in [-0.1, -0.05) is 48.5 Å². The summed E-state index contributed by atoms with van der Waals surface area (Å²) in [5.74, 6) is -1.04. The van der Waals surface area contributed by atoms with E-state index in [9.17, 15) is 9.59 Å². The molecule has 2 N–H and O–H groups in total. The van der Waals surface area contributed by atoms with Crippen LogP contribution in [0, 0.1) is 5.92 Å². The Labute approximate surface area is 171 Å². The first-order chi connectivity index (χ1) is 14.0. The van der Waals surface area contributed by atoms with E-state index in [1.54, 1.807) is 0 Å². The van der Waals surface area contributed by atoms with Crippen molar-refractivity contribution >= 4 is 28.3 Å². The highest BCUT2D eigenvalue weighted by atomic mass is 32.1. The fraction of sp³-hybridized carbons (Fsp3) is 0.227. The fourth-order valence-electron chi connectivity index (χ4n) is 4.15. The molecule has 6 nitrogen and oxygen atoms in total. The van der Waals surface area contributed by atoms with Gasteiger partial charge in [-0.3, -0.25) is 9.59 Å². The van der Waals surface area contributed by atoms with Crippen molar-refractivity contribution in [2.75, 3.05) is 5.32 Å². The maximum atomic E-state index is 13.1. The molecule has 29 heavy (non-hydrogen) atoms. The number of rotatable bonds is 3. The molecule has 3 heterocycles. The molecule has 0 spiro atoms. The van der Waals surface area contributed by atoms with Gasteiger partial charge in [-0.05, 0) is 18.6 Å². The van der Waals surface area contributed by atoms with Gasteiger partial charge in [0, 0.05) is 23.3 Å². The molecule has 3 aromatic rings. The number of fused-ring (bicyclic) bond motifs is 4. The Balaban J connectivity index is 1.42. The second-order valence-corrected chi connectivity index (χ2v) is 8.40. The van der Waals surface area contributed by atoms with E-state index >= 15 is 0 Å². The van der Waals surface area contributed by atoms with Gasteiger partial charge in [0.15, 0.2) is 10.9 Å². The first-order valence-electron chi connectivity index (χ1n) is 9.44. The summed E-state index contributed by atoms with van der Waals surface area (Å²) in [5, 5.41) is 8.10. The summed E-state index contributed by atoms with van der Waals surface area (Å²) in [4.78, 5) is 30.4. The molecule has 5 rings (SSSR count). The predicted molar refractivity (Wildman–Crippen MR) is 111 cm³/mol. The summed E-state index contributed by atoms with van der Waals surface area (Å²) in [6, 6.07) is 17.4. The maximum absolute atomic E-state index is 13.1. The molecule has 1 fully saturated rings. The van der Waals surface area contributed by atoms with E-state index in [1.807, 2.05) is 66.9 Å². The molecule has 2 aromatic carbocycles. The van der Waals surface area contributed by atoms with Gasteiger partial charge in [-0.25, -0.2) is 4.98 Å². The van der Waals surface area contributed by atoms with Crippen molar-refractivity contribution < 1.29 is 14.3 Å². The van der Waals surface area contributed by atoms with E-state index < -0.39 is 11.6 Å². The minimum Gasteiger partial charge on any atom is -0.468 e. The maximum Gasteiger partial charge on any atom is 0.239 e. The van der Waals surface area contributed by atoms with E-state index in [0.29, 0.717) is 17.3 Å². The Morgan fingerprint density at radius 3 is 2.79 bits per heavy atom. The second-order valence-electron chi connectivity index (χ2n) is 7.54. The van der Waals surface area contributed by atoms with Gasteiger partial charge in [0.1, 0.15) is 11.7 Å². The van der Waals surface area contributed by atoms with Crippen molar-refractivity contribution in [3.8, 4) is 17.0 Å². The number of nitrogens with zero attached hydrogens (tertiary/aromatic N) is 1. The summed E-state index contributed by atoms with van der Waals surface area (Å²) in [7, 11) is 0. The van der Waals surface area contributed by atoms with Crippen LogP contribution in [0.5, 0.6) is 5.75 Å². The van der Waals surface area contributed by atoms with E-state index in [2.05, 4.69) is 15.6 Å². The van der Waals surface area contributed by atoms with Crippen LogP contribution in [0.3, 0.4) is 0 Å². The minimum absolute atomic E-state index is 0.243. The van der Waals surface area contributed by atoms with Crippen LogP contribution in [0.4, 0.5) is 5.13 Å². The number of carbonyl (C=O) groups is 2. The highest BCUT2D eigenvalue weighted by molar-refractivity contribution is 7.14. The lowest BCUT2D eigenvalue weighted by molar-refractivity contribution is -0.145. The average Bonchev–Trinajstić information content (AvgIpc) is 3.16. The van der Waals surface area contributed by atoms with Gasteiger partial charge in [-0.15, -0.1) is 11.3 Å². The zero-order chi connectivity index (χ0) is 20.0. The van der Waals surface area contributed by atoms with Crippen LogP contribution in [0.15, 0.2) is 60.0 Å². The summed E-state index contributed by atoms with van der Waals surface area (Å²) in [6.07, 6.45) is 0.543. The number of carbonyl (C=O) groups excluding carboxylic acids is 2. The molecule has 2 aliphatic rings. The van der Waals surface area contributed by atoms with Gasteiger partial charge < -0.3 is 15.4 Å². The van der Waals surface area contributed by atoms with E-state index in [0.717, 1.165) is 16.8 Å². The highest BCUT2D eigenvalue weighted by Crippen LogP contribution is 2.46. The Bertz CT molecular complexity index is 1100. The first-order valence-corrected chi connectivity index (χ1v) is 10.3. The van der Waals surface area contributed by atoms with Crippen molar-refractivity contribution in [1.29, 1.82) is 0 Å². The Hall–Kier alpha value is -3.19. The summed E-state index contributed by atoms with van der Waals surface area (Å²) in [6.45, 7) is 1.84. The number of aromatic nitrogens is 1. The number of nitrogens with one attached hydrogen (secondary N) is 2. The van der Waals surface area contributed by atoms with Crippen LogP contribution in [-0.4, -0.2) is 22.5 Å². The summed E-state index contributed by atoms with van der Waals surface area (Å²) >= 11 is 1.35. The standard InChI is InChI=1S/C22H19N3O3S/c1-22-11-15(14-9-5-6-10-17(14)28-22)18(20(27)25-22)19(26)24-21-23-16(12-29-21)13-7-3-2-4-8-13/h2-10,12,15,18H,11H2,1H3,(H,25,27)(H,23,24,26)/t15-,18-,22-/m1/s1. The monoisotopic (exact) mass is 405 g/mol. The molecule has 0 unspecified atom stereocenters. The van der Waals surface area contributed by atoms with Crippen LogP contribution in [0.25, 0.3) is 11.3 Å². The molecule has 0 saturated carbocycles. The normalized spacial score (nSPS) is 24.8. The largest absolute Gasteiger partial charge is 0.468 e. The van der Waals surface area contributed by atoms with Crippen LogP contribution in [-0.2, 0) is 9.59 Å². The second kappa shape index (κ2) is 6.70. The molecule has 7 heteroatoms. The molecule has 1 aromatic heterocycles. The number of hydrogen-bond donors (Lipinski definition) is 2. The molecule has 2 bridgehead atoms. The SMILES string of the molecule is C[C@]12C[C@H](c3ccccc3O1)[C@H](C(=O)Nc1nc(-c3ccccc3)cs1)C(=O)N2. The number of thiazole rings is 1. The molecule has 1 saturated heterocycles. The van der Waals surface area contributed by atoms with Crippen LogP contribution >= 0.6 is 11.3 Å². The molecule has 2 aliphatic heterocycles. The van der Waals surface area contributed by atoms with Crippen LogP contribution in [0.2, 0.25) is 0 Å². The molecule has 0 aliphatic carbocycles. The third-order valence-electron chi connectivity index (χ3n) is 5.42. The van der Waals surface area contributed by atoms with Crippen molar-refractivity contribution in [2.45, 2.75) is 25.0 Å². The van der Waals surface area contributed by atoms with Gasteiger partial charge in [0.2, 0.25) is 11.8 Å². The fourth-order valence-corrected chi connectivity index (χ4v) is 4.87. The van der Waals surface area contributed by atoms with Gasteiger partial charge >= 0.3 is 0 Å². The quantitative estimate of drug-likeness (QED) is 0.650. The van der Waals surface area contributed by atoms with Gasteiger partial charge in [-0.2, -0.15) is 0 Å². The molecule has 2 amide bonds. The van der Waals surface area contributed by atoms with Crippen molar-refractivity contribution in [3.05, 3.63) is 65.5 Å². The minimum atomic E-state index is -0.836. The zero-order valence-corrected chi connectivity index (χ0v) is 16.5. The average molecular weight is 405 g/mol. The predicted octanol–water partition coefficient (Wildman–Crippen LogP) is 3.78. The summed E-state index contributed by atoms with van der Waals surface area (Å²) < 4.78 is 5.99. The zero-order valence-electron chi connectivity index (χ0n) is 15.7. The molecular weight excluding hydrogens is 386 g/mol. The Morgan fingerprint density at radius 2 is 1.97 bits per heavy atom.